The number of hydrogen-bond donors (Lipinski definition) is 1. The maximum Gasteiger partial charge on any atom is 0.136 e. The molecule has 1 aromatic heterocycles. The minimum Gasteiger partial charge on any atom is -0.359 e. The Kier molecular flexibility index (Phi) is 3.69. The van der Waals surface area contributed by atoms with E-state index in [1.807, 2.05) is 6.92 Å². The lowest BCUT2D eigenvalue weighted by Gasteiger charge is -2.27. The summed E-state index contributed by atoms with van der Waals surface area (Å²) in [5, 5.41) is 3.44. The van der Waals surface area contributed by atoms with E-state index in [1.54, 1.807) is 0 Å². The summed E-state index contributed by atoms with van der Waals surface area (Å²) in [5.74, 6) is 2.92. The van der Waals surface area contributed by atoms with Crippen LogP contribution < -0.4 is 10.2 Å². The molecule has 2 heterocycles. The monoisotopic (exact) mass is 260 g/mol. The number of nitrogens with one attached hydrogen (secondary N) is 1. The highest BCUT2D eigenvalue weighted by atomic mass is 15.2. The van der Waals surface area contributed by atoms with E-state index in [9.17, 15) is 0 Å². The predicted octanol–water partition coefficient (Wildman–Crippen LogP) is 2.06. The largest absolute Gasteiger partial charge is 0.359 e. The number of aromatic nitrogens is 2. The van der Waals surface area contributed by atoms with Gasteiger partial charge in [0.15, 0.2) is 0 Å². The van der Waals surface area contributed by atoms with Crippen molar-refractivity contribution in [3.05, 3.63) is 17.1 Å². The van der Waals surface area contributed by atoms with Crippen molar-refractivity contribution in [2.24, 2.45) is 5.92 Å². The van der Waals surface area contributed by atoms with Gasteiger partial charge in [0.05, 0.1) is 5.69 Å². The van der Waals surface area contributed by atoms with E-state index >= 15 is 0 Å². The minimum atomic E-state index is 0.854. The van der Waals surface area contributed by atoms with E-state index in [0.29, 0.717) is 0 Å². The Bertz CT molecular complexity index is 452. The smallest absolute Gasteiger partial charge is 0.136 e. The number of aryl methyl sites for hydroxylation is 1. The highest BCUT2D eigenvalue weighted by molar-refractivity contribution is 5.49. The first-order chi connectivity index (χ1) is 9.24. The zero-order chi connectivity index (χ0) is 13.2. The topological polar surface area (TPSA) is 41.1 Å². The average Bonchev–Trinajstić information content (AvgIpc) is 2.90. The zero-order valence-corrected chi connectivity index (χ0v) is 12.1. The summed E-state index contributed by atoms with van der Waals surface area (Å²) in [4.78, 5) is 11.7. The van der Waals surface area contributed by atoms with Crippen LogP contribution in [-0.2, 0) is 13.0 Å². The second kappa shape index (κ2) is 5.45. The van der Waals surface area contributed by atoms with Crippen molar-refractivity contribution in [1.82, 2.24) is 15.3 Å². The molecular weight excluding hydrogens is 236 g/mol. The van der Waals surface area contributed by atoms with Crippen LogP contribution in [0.1, 0.15) is 42.8 Å². The molecule has 1 fully saturated rings. The number of anilines is 1. The van der Waals surface area contributed by atoms with E-state index < -0.39 is 0 Å². The molecule has 19 heavy (non-hydrogen) atoms. The first-order valence-corrected chi connectivity index (χ1v) is 7.52. The SMILES string of the molecule is Cc1nc2c(c(N(C)CC3CCCC3)n1)CNCC2. The Hall–Kier alpha value is -1.16. The van der Waals surface area contributed by atoms with Crippen LogP contribution >= 0.6 is 0 Å². The molecule has 0 atom stereocenters. The van der Waals surface area contributed by atoms with Crippen LogP contribution in [0, 0.1) is 12.8 Å². The fourth-order valence-corrected chi connectivity index (χ4v) is 3.43. The highest BCUT2D eigenvalue weighted by Crippen LogP contribution is 2.28. The number of fused-ring (bicyclic) bond motifs is 1. The van der Waals surface area contributed by atoms with Crippen LogP contribution in [-0.4, -0.2) is 30.1 Å². The first-order valence-electron chi connectivity index (χ1n) is 7.52. The number of hydrogen-bond acceptors (Lipinski definition) is 4. The number of nitrogens with zero attached hydrogens (tertiary/aromatic N) is 3. The summed E-state index contributed by atoms with van der Waals surface area (Å²) < 4.78 is 0. The molecule has 4 heteroatoms. The summed E-state index contributed by atoms with van der Waals surface area (Å²) in [6.45, 7) is 5.10. The Morgan fingerprint density at radius 2 is 2.05 bits per heavy atom. The van der Waals surface area contributed by atoms with Crippen molar-refractivity contribution in [1.29, 1.82) is 0 Å². The summed E-state index contributed by atoms with van der Waals surface area (Å²) >= 11 is 0. The van der Waals surface area contributed by atoms with Crippen molar-refractivity contribution >= 4 is 5.82 Å². The van der Waals surface area contributed by atoms with Crippen LogP contribution in [0.15, 0.2) is 0 Å². The molecule has 1 N–H and O–H groups in total. The van der Waals surface area contributed by atoms with Gasteiger partial charge in [-0.1, -0.05) is 12.8 Å². The summed E-state index contributed by atoms with van der Waals surface area (Å²) in [6, 6.07) is 0. The molecule has 1 aliphatic heterocycles. The van der Waals surface area contributed by atoms with E-state index in [0.717, 1.165) is 43.6 Å². The van der Waals surface area contributed by atoms with Gasteiger partial charge in [-0.25, -0.2) is 9.97 Å². The minimum absolute atomic E-state index is 0.854. The van der Waals surface area contributed by atoms with Crippen molar-refractivity contribution in [3.8, 4) is 0 Å². The third-order valence-electron chi connectivity index (χ3n) is 4.39. The third-order valence-corrected chi connectivity index (χ3v) is 4.39. The summed E-state index contributed by atoms with van der Waals surface area (Å²) in [5.41, 5.74) is 2.57. The normalized spacial score (nSPS) is 19.5. The fourth-order valence-electron chi connectivity index (χ4n) is 3.43. The van der Waals surface area contributed by atoms with Gasteiger partial charge >= 0.3 is 0 Å². The maximum atomic E-state index is 4.70. The molecule has 3 rings (SSSR count). The average molecular weight is 260 g/mol. The van der Waals surface area contributed by atoms with Gasteiger partial charge in [0.1, 0.15) is 11.6 Å². The molecule has 2 aliphatic rings. The zero-order valence-electron chi connectivity index (χ0n) is 12.1. The molecule has 0 aromatic carbocycles. The van der Waals surface area contributed by atoms with Gasteiger partial charge in [-0.05, 0) is 25.7 Å². The van der Waals surface area contributed by atoms with E-state index in [4.69, 9.17) is 4.98 Å². The third kappa shape index (κ3) is 2.73. The lowest BCUT2D eigenvalue weighted by atomic mass is 10.1. The standard InChI is InChI=1S/C15H24N4/c1-11-17-14-7-8-16-9-13(14)15(18-11)19(2)10-12-5-3-4-6-12/h12,16H,3-10H2,1-2H3. The van der Waals surface area contributed by atoms with Gasteiger partial charge in [0.2, 0.25) is 0 Å². The van der Waals surface area contributed by atoms with Gasteiger partial charge in [0, 0.05) is 38.7 Å². The van der Waals surface area contributed by atoms with Crippen LogP contribution in [0.4, 0.5) is 5.82 Å². The van der Waals surface area contributed by atoms with Crippen molar-refractivity contribution in [3.63, 3.8) is 0 Å². The van der Waals surface area contributed by atoms with Crippen LogP contribution in [0.2, 0.25) is 0 Å². The molecule has 104 valence electrons. The molecule has 0 bridgehead atoms. The molecule has 1 aliphatic carbocycles. The Morgan fingerprint density at radius 3 is 2.84 bits per heavy atom. The lowest BCUT2D eigenvalue weighted by Crippen LogP contribution is -2.31. The molecule has 0 unspecified atom stereocenters. The molecule has 0 saturated heterocycles. The maximum absolute atomic E-state index is 4.70. The fraction of sp³-hybridized carbons (Fsp3) is 0.733. The second-order valence-corrected chi connectivity index (χ2v) is 5.98. The van der Waals surface area contributed by atoms with Crippen molar-refractivity contribution < 1.29 is 0 Å². The second-order valence-electron chi connectivity index (χ2n) is 5.98. The molecule has 0 radical (unpaired) electrons. The number of rotatable bonds is 3. The molecule has 1 aromatic rings. The first kappa shape index (κ1) is 12.9. The predicted molar refractivity (Wildman–Crippen MR) is 77.4 cm³/mol. The van der Waals surface area contributed by atoms with Gasteiger partial charge in [-0.3, -0.25) is 0 Å². The highest BCUT2D eigenvalue weighted by Gasteiger charge is 2.22. The van der Waals surface area contributed by atoms with Crippen LogP contribution in [0.25, 0.3) is 0 Å². The Morgan fingerprint density at radius 1 is 1.26 bits per heavy atom. The molecule has 0 amide bonds. The Labute approximate surface area is 115 Å². The lowest BCUT2D eigenvalue weighted by molar-refractivity contribution is 0.540. The van der Waals surface area contributed by atoms with Crippen LogP contribution in [0.3, 0.4) is 0 Å². The van der Waals surface area contributed by atoms with Crippen molar-refractivity contribution in [2.75, 3.05) is 25.0 Å². The van der Waals surface area contributed by atoms with Gasteiger partial charge in [-0.15, -0.1) is 0 Å². The van der Waals surface area contributed by atoms with E-state index in [1.165, 1.54) is 36.9 Å². The molecule has 4 nitrogen and oxygen atoms in total. The van der Waals surface area contributed by atoms with Gasteiger partial charge in [-0.2, -0.15) is 0 Å². The van der Waals surface area contributed by atoms with Crippen LogP contribution in [0.5, 0.6) is 0 Å². The van der Waals surface area contributed by atoms with E-state index in [2.05, 4.69) is 22.2 Å². The Balaban J connectivity index is 1.83. The molecule has 0 spiro atoms. The van der Waals surface area contributed by atoms with Gasteiger partial charge in [0.25, 0.3) is 0 Å². The molecule has 1 saturated carbocycles. The molecular formula is C15H24N4. The van der Waals surface area contributed by atoms with E-state index in [-0.39, 0.29) is 0 Å². The quantitative estimate of drug-likeness (QED) is 0.903. The van der Waals surface area contributed by atoms with Crippen molar-refractivity contribution in [2.45, 2.75) is 45.6 Å². The summed E-state index contributed by atoms with van der Waals surface area (Å²) in [7, 11) is 2.19. The summed E-state index contributed by atoms with van der Waals surface area (Å²) in [6.07, 6.45) is 6.61. The van der Waals surface area contributed by atoms with Gasteiger partial charge < -0.3 is 10.2 Å².